The molecule has 0 atom stereocenters. The fourth-order valence-electron chi connectivity index (χ4n) is 1.38. The molecule has 18 heavy (non-hydrogen) atoms. The fraction of sp³-hybridized carbons (Fsp3) is 0.200. The highest BCUT2D eigenvalue weighted by Crippen LogP contribution is 2.28. The summed E-state index contributed by atoms with van der Waals surface area (Å²) in [5.74, 6) is 0.234. The largest absolute Gasteiger partial charge is 0.492 e. The van der Waals surface area contributed by atoms with Crippen LogP contribution in [0.15, 0.2) is 35.7 Å². The normalized spacial score (nSPS) is 11.4. The molecule has 0 fully saturated rings. The first kappa shape index (κ1) is 12.8. The average Bonchev–Trinajstić information content (AvgIpc) is 2.86. The van der Waals surface area contributed by atoms with Crippen LogP contribution in [0.3, 0.4) is 0 Å². The number of nitrogens with zero attached hydrogens (tertiary/aromatic N) is 3. The first-order valence-electron chi connectivity index (χ1n) is 5.08. The van der Waals surface area contributed by atoms with Crippen LogP contribution < -0.4 is 4.74 Å². The van der Waals surface area contributed by atoms with Gasteiger partial charge in [0, 0.05) is 5.02 Å². The highest BCUT2D eigenvalue weighted by molar-refractivity contribution is 7.90. The summed E-state index contributed by atoms with van der Waals surface area (Å²) >= 11 is 5.82. The van der Waals surface area contributed by atoms with Crippen molar-refractivity contribution in [2.75, 3.05) is 6.61 Å². The Balaban J connectivity index is 2.59. The Labute approximate surface area is 109 Å². The van der Waals surface area contributed by atoms with Crippen molar-refractivity contribution in [3.63, 3.8) is 0 Å². The lowest BCUT2D eigenvalue weighted by atomic mass is 10.3. The molecule has 0 spiro atoms. The number of aromatic nitrogens is 3. The standard InChI is InChI=1S/C10H10ClN3O3S/c1-2-17-9-4-3-8(11)5-10(9)18(15,16)14-7-12-6-13-14/h3-7H,2H2,1H3. The lowest BCUT2D eigenvalue weighted by Crippen LogP contribution is -2.15. The maximum absolute atomic E-state index is 12.3. The predicted octanol–water partition coefficient (Wildman–Crippen LogP) is 1.57. The number of halogens is 1. The second-order valence-electron chi connectivity index (χ2n) is 3.30. The molecule has 96 valence electrons. The Morgan fingerprint density at radius 1 is 1.44 bits per heavy atom. The van der Waals surface area contributed by atoms with E-state index in [1.165, 1.54) is 12.1 Å². The van der Waals surface area contributed by atoms with Gasteiger partial charge in [0.1, 0.15) is 23.3 Å². The van der Waals surface area contributed by atoms with E-state index in [2.05, 4.69) is 10.1 Å². The van der Waals surface area contributed by atoms with Crippen LogP contribution in [0.4, 0.5) is 0 Å². The summed E-state index contributed by atoms with van der Waals surface area (Å²) in [6.07, 6.45) is 2.24. The summed E-state index contributed by atoms with van der Waals surface area (Å²) in [6, 6.07) is 4.39. The lowest BCUT2D eigenvalue weighted by molar-refractivity contribution is 0.331. The van der Waals surface area contributed by atoms with Gasteiger partial charge in [0.25, 0.3) is 10.0 Å². The molecule has 1 aromatic heterocycles. The molecule has 0 aliphatic heterocycles. The number of hydrogen-bond acceptors (Lipinski definition) is 5. The van der Waals surface area contributed by atoms with Crippen LogP contribution in [0, 0.1) is 0 Å². The van der Waals surface area contributed by atoms with Crippen LogP contribution in [0.2, 0.25) is 5.02 Å². The fourth-order valence-corrected chi connectivity index (χ4v) is 2.82. The van der Waals surface area contributed by atoms with Gasteiger partial charge >= 0.3 is 0 Å². The Morgan fingerprint density at radius 3 is 2.83 bits per heavy atom. The van der Waals surface area contributed by atoms with Crippen molar-refractivity contribution < 1.29 is 13.2 Å². The van der Waals surface area contributed by atoms with Gasteiger partial charge in [0.05, 0.1) is 6.61 Å². The van der Waals surface area contributed by atoms with Crippen molar-refractivity contribution >= 4 is 21.6 Å². The van der Waals surface area contributed by atoms with Crippen molar-refractivity contribution in [2.45, 2.75) is 11.8 Å². The first-order chi connectivity index (χ1) is 8.55. The molecule has 0 saturated carbocycles. The molecule has 6 nitrogen and oxygen atoms in total. The van der Waals surface area contributed by atoms with Crippen molar-refractivity contribution in [3.8, 4) is 5.75 Å². The summed E-state index contributed by atoms with van der Waals surface area (Å²) in [5, 5.41) is 3.92. The van der Waals surface area contributed by atoms with Gasteiger partial charge in [0.15, 0.2) is 0 Å². The molecule has 0 aliphatic rings. The van der Waals surface area contributed by atoms with Crippen molar-refractivity contribution in [2.24, 2.45) is 0 Å². The van der Waals surface area contributed by atoms with Crippen LogP contribution in [0.5, 0.6) is 5.75 Å². The Kier molecular flexibility index (Phi) is 3.53. The predicted molar refractivity (Wildman–Crippen MR) is 65.2 cm³/mol. The van der Waals surface area contributed by atoms with Gasteiger partial charge in [-0.15, -0.1) is 9.19 Å². The average molecular weight is 288 g/mol. The second kappa shape index (κ2) is 4.95. The molecule has 0 radical (unpaired) electrons. The van der Waals surface area contributed by atoms with Crippen molar-refractivity contribution in [3.05, 3.63) is 35.9 Å². The zero-order valence-corrected chi connectivity index (χ0v) is 11.0. The molecule has 2 rings (SSSR count). The van der Waals surface area contributed by atoms with E-state index in [0.717, 1.165) is 16.7 Å². The Hall–Kier alpha value is -1.60. The van der Waals surface area contributed by atoms with E-state index in [1.807, 2.05) is 0 Å². The molecule has 1 aromatic carbocycles. The number of hydrogen-bond donors (Lipinski definition) is 0. The van der Waals surface area contributed by atoms with E-state index >= 15 is 0 Å². The highest BCUT2D eigenvalue weighted by Gasteiger charge is 2.23. The van der Waals surface area contributed by atoms with Gasteiger partial charge in [-0.2, -0.15) is 8.42 Å². The van der Waals surface area contributed by atoms with Crippen molar-refractivity contribution in [1.82, 2.24) is 14.2 Å². The quantitative estimate of drug-likeness (QED) is 0.853. The minimum atomic E-state index is -3.84. The minimum Gasteiger partial charge on any atom is -0.492 e. The molecule has 0 bridgehead atoms. The summed E-state index contributed by atoms with van der Waals surface area (Å²) in [5.41, 5.74) is 0. The summed E-state index contributed by atoms with van der Waals surface area (Å²) in [7, 11) is -3.84. The van der Waals surface area contributed by atoms with Gasteiger partial charge in [-0.3, -0.25) is 0 Å². The monoisotopic (exact) mass is 287 g/mol. The lowest BCUT2D eigenvalue weighted by Gasteiger charge is -2.10. The zero-order chi connectivity index (χ0) is 13.2. The number of ether oxygens (including phenoxy) is 1. The molecule has 0 amide bonds. The van der Waals surface area contributed by atoms with Crippen LogP contribution in [-0.4, -0.2) is 29.2 Å². The summed E-state index contributed by atoms with van der Waals surface area (Å²) in [6.45, 7) is 2.11. The van der Waals surface area contributed by atoms with Crippen molar-refractivity contribution in [1.29, 1.82) is 0 Å². The second-order valence-corrected chi connectivity index (χ2v) is 5.50. The molecule has 8 heteroatoms. The van der Waals surface area contributed by atoms with Gasteiger partial charge in [-0.05, 0) is 25.1 Å². The minimum absolute atomic E-state index is 0.0395. The van der Waals surface area contributed by atoms with Gasteiger partial charge < -0.3 is 4.74 Å². The van der Waals surface area contributed by atoms with E-state index in [0.29, 0.717) is 11.6 Å². The van der Waals surface area contributed by atoms with Crippen LogP contribution in [0.1, 0.15) is 6.92 Å². The SMILES string of the molecule is CCOc1ccc(Cl)cc1S(=O)(=O)n1cncn1. The number of rotatable bonds is 4. The Morgan fingerprint density at radius 2 is 2.22 bits per heavy atom. The maximum atomic E-state index is 12.3. The summed E-state index contributed by atoms with van der Waals surface area (Å²) in [4.78, 5) is 3.57. The molecular weight excluding hydrogens is 278 g/mol. The first-order valence-corrected chi connectivity index (χ1v) is 6.90. The third-order valence-corrected chi connectivity index (χ3v) is 3.92. The van der Waals surface area contributed by atoms with E-state index in [4.69, 9.17) is 16.3 Å². The van der Waals surface area contributed by atoms with E-state index in [9.17, 15) is 8.42 Å². The van der Waals surface area contributed by atoms with E-state index in [1.54, 1.807) is 13.0 Å². The topological polar surface area (TPSA) is 74.1 Å². The van der Waals surface area contributed by atoms with Gasteiger partial charge in [-0.1, -0.05) is 11.6 Å². The third kappa shape index (κ3) is 2.32. The zero-order valence-electron chi connectivity index (χ0n) is 9.45. The molecule has 0 N–H and O–H groups in total. The molecule has 0 unspecified atom stereocenters. The Bertz CT molecular complexity index is 640. The molecule has 0 saturated heterocycles. The third-order valence-electron chi connectivity index (χ3n) is 2.13. The van der Waals surface area contributed by atoms with E-state index < -0.39 is 10.0 Å². The van der Waals surface area contributed by atoms with E-state index in [-0.39, 0.29) is 10.6 Å². The smallest absolute Gasteiger partial charge is 0.288 e. The van der Waals surface area contributed by atoms with Gasteiger partial charge in [0.2, 0.25) is 0 Å². The maximum Gasteiger partial charge on any atom is 0.288 e. The molecular formula is C10H10ClN3O3S. The van der Waals surface area contributed by atoms with Gasteiger partial charge in [-0.25, -0.2) is 4.98 Å². The molecule has 0 aliphatic carbocycles. The number of benzene rings is 1. The highest BCUT2D eigenvalue weighted by atomic mass is 35.5. The van der Waals surface area contributed by atoms with Crippen LogP contribution in [0.25, 0.3) is 0 Å². The van der Waals surface area contributed by atoms with Crippen LogP contribution >= 0.6 is 11.6 Å². The molecule has 1 heterocycles. The van der Waals surface area contributed by atoms with Crippen LogP contribution in [-0.2, 0) is 10.0 Å². The molecule has 2 aromatic rings. The summed E-state index contributed by atoms with van der Waals surface area (Å²) < 4.78 is 30.6.